The molecule has 0 N–H and O–H groups in total. The van der Waals surface area contributed by atoms with E-state index in [0.717, 1.165) is 0 Å². The molecule has 1 aliphatic rings. The number of halogens is 4. The molecule has 2 rings (SSSR count). The minimum Gasteiger partial charge on any atom is -0.477 e. The van der Waals surface area contributed by atoms with Gasteiger partial charge in [0.25, 0.3) is 5.91 Å². The van der Waals surface area contributed by atoms with E-state index in [-0.39, 0.29) is 17.1 Å². The van der Waals surface area contributed by atoms with E-state index in [1.165, 1.54) is 13.8 Å². The zero-order valence-corrected chi connectivity index (χ0v) is 14.3. The zero-order valence-electron chi connectivity index (χ0n) is 13.6. The van der Waals surface area contributed by atoms with Gasteiger partial charge in [-0.05, 0) is 26.0 Å². The molecule has 0 spiro atoms. The third-order valence-electron chi connectivity index (χ3n) is 3.40. The molecule has 1 aromatic rings. The molecule has 134 valence electrons. The van der Waals surface area contributed by atoms with Crippen LogP contribution in [0.25, 0.3) is 0 Å². The van der Waals surface area contributed by atoms with Crippen LogP contribution in [0.15, 0.2) is 22.1 Å². The zero-order chi connectivity index (χ0) is 19.6. The monoisotopic (exact) mass is 381 g/mol. The number of nitrogens with zero attached hydrogens (tertiary/aromatic N) is 3. The number of hydrogen-bond acceptors (Lipinski definition) is 4. The summed E-state index contributed by atoms with van der Waals surface area (Å²) >= 11 is 5.69. The van der Waals surface area contributed by atoms with E-state index in [9.17, 15) is 18.0 Å². The number of carbonyl (C=O) groups excluding carboxylic acids is 1. The molecule has 0 aromatic heterocycles. The first-order chi connectivity index (χ1) is 12.1. The number of rotatable bonds is 4. The van der Waals surface area contributed by atoms with Crippen molar-refractivity contribution < 1.29 is 22.7 Å². The molecule has 1 heterocycles. The van der Waals surface area contributed by atoms with E-state index in [2.05, 4.69) is 15.9 Å². The van der Waals surface area contributed by atoms with Gasteiger partial charge in [0.05, 0.1) is 11.1 Å². The van der Waals surface area contributed by atoms with E-state index in [1.807, 2.05) is 0 Å². The highest BCUT2D eigenvalue weighted by Crippen LogP contribution is 2.38. The molecular formula is C17H11ClF3N3O2. The lowest BCUT2D eigenvalue weighted by molar-refractivity contribution is -0.116. The van der Waals surface area contributed by atoms with Crippen LogP contribution in [-0.2, 0) is 10.7 Å². The Labute approximate surface area is 152 Å². The second-order valence-electron chi connectivity index (χ2n) is 5.30. The van der Waals surface area contributed by atoms with Gasteiger partial charge in [0.2, 0.25) is 0 Å². The summed E-state index contributed by atoms with van der Waals surface area (Å²) in [5, 5.41) is 7.19. The fraction of sp³-hybridized carbons (Fsp3) is 0.294. The van der Waals surface area contributed by atoms with Gasteiger partial charge < -0.3 is 4.74 Å². The molecule has 0 bridgehead atoms. The molecule has 26 heavy (non-hydrogen) atoms. The van der Waals surface area contributed by atoms with Crippen LogP contribution in [0.2, 0.25) is 0 Å². The number of nitriles is 1. The van der Waals surface area contributed by atoms with Gasteiger partial charge in [-0.25, -0.2) is 9.38 Å². The van der Waals surface area contributed by atoms with Crippen molar-refractivity contribution in [2.24, 2.45) is 9.98 Å². The smallest absolute Gasteiger partial charge is 0.316 e. The van der Waals surface area contributed by atoms with Gasteiger partial charge in [-0.2, -0.15) is 19.0 Å². The third kappa shape index (κ3) is 3.56. The lowest BCUT2D eigenvalue weighted by Crippen LogP contribution is -2.40. The summed E-state index contributed by atoms with van der Waals surface area (Å²) in [5.41, 5.74) is -2.52. The van der Waals surface area contributed by atoms with Crippen LogP contribution in [-0.4, -0.2) is 28.9 Å². The maximum atomic E-state index is 14.9. The maximum absolute atomic E-state index is 14.9. The molecule has 0 fully saturated rings. The highest BCUT2D eigenvalue weighted by atomic mass is 35.5. The Morgan fingerprint density at radius 2 is 2.08 bits per heavy atom. The number of ether oxygens (including phenoxy) is 1. The standard InChI is InChI=1S/C17H11ClF3N3O2/c1-4-8(2)26-13-6-11(12(19)5-10(13)7-22)17(20,21)15-14(18)16(25)24-9(3)23-15/h1,5-6,8,14H,2-3H3. The number of benzene rings is 1. The van der Waals surface area contributed by atoms with Crippen LogP contribution >= 0.6 is 11.6 Å². The first-order valence-corrected chi connectivity index (χ1v) is 7.62. The summed E-state index contributed by atoms with van der Waals surface area (Å²) in [6, 6.07) is 2.89. The molecule has 1 aromatic carbocycles. The summed E-state index contributed by atoms with van der Waals surface area (Å²) in [6.07, 6.45) is 4.31. The number of terminal acetylenes is 1. The molecule has 2 unspecified atom stereocenters. The molecule has 5 nitrogen and oxygen atoms in total. The van der Waals surface area contributed by atoms with Gasteiger partial charge >= 0.3 is 5.92 Å². The van der Waals surface area contributed by atoms with Crippen molar-refractivity contribution in [1.82, 2.24) is 0 Å². The molecular weight excluding hydrogens is 371 g/mol. The summed E-state index contributed by atoms with van der Waals surface area (Å²) < 4.78 is 49.3. The van der Waals surface area contributed by atoms with Crippen LogP contribution in [0.5, 0.6) is 5.75 Å². The maximum Gasteiger partial charge on any atom is 0.316 e. The summed E-state index contributed by atoms with van der Waals surface area (Å²) in [4.78, 5) is 18.5. The Kier molecular flexibility index (Phi) is 5.38. The van der Waals surface area contributed by atoms with Gasteiger partial charge in [0.15, 0.2) is 11.5 Å². The first kappa shape index (κ1) is 19.5. The van der Waals surface area contributed by atoms with Crippen molar-refractivity contribution in [3.05, 3.63) is 29.1 Å². The third-order valence-corrected chi connectivity index (χ3v) is 3.79. The van der Waals surface area contributed by atoms with Gasteiger partial charge in [-0.1, -0.05) is 5.92 Å². The van der Waals surface area contributed by atoms with E-state index < -0.39 is 40.4 Å². The molecule has 1 aliphatic heterocycles. The SMILES string of the molecule is C#CC(C)Oc1cc(C(F)(F)C2=NC(C)=NC(=O)C2Cl)c(F)cc1C#N. The van der Waals surface area contributed by atoms with E-state index >= 15 is 0 Å². The highest BCUT2D eigenvalue weighted by molar-refractivity contribution is 6.46. The quantitative estimate of drug-likeness (QED) is 0.593. The van der Waals surface area contributed by atoms with E-state index in [1.54, 1.807) is 6.07 Å². The predicted octanol–water partition coefficient (Wildman–Crippen LogP) is 3.20. The molecule has 0 aliphatic carbocycles. The Hall–Kier alpha value is -2.84. The number of amidine groups is 1. The molecule has 0 saturated carbocycles. The second-order valence-corrected chi connectivity index (χ2v) is 5.73. The van der Waals surface area contributed by atoms with Crippen LogP contribution in [0.1, 0.15) is 25.0 Å². The average molecular weight is 382 g/mol. The largest absolute Gasteiger partial charge is 0.477 e. The van der Waals surface area contributed by atoms with Crippen molar-refractivity contribution in [1.29, 1.82) is 5.26 Å². The van der Waals surface area contributed by atoms with E-state index in [4.69, 9.17) is 28.0 Å². The fourth-order valence-corrected chi connectivity index (χ4v) is 2.39. The van der Waals surface area contributed by atoms with Gasteiger partial charge in [0.1, 0.15) is 29.2 Å². The number of carbonyl (C=O) groups is 1. The van der Waals surface area contributed by atoms with Crippen LogP contribution in [0.4, 0.5) is 13.2 Å². The lowest BCUT2D eigenvalue weighted by Gasteiger charge is -2.24. The van der Waals surface area contributed by atoms with Crippen LogP contribution in [0, 0.1) is 29.5 Å². The van der Waals surface area contributed by atoms with Gasteiger partial charge in [0, 0.05) is 0 Å². The second kappa shape index (κ2) is 7.19. The van der Waals surface area contributed by atoms with Crippen molar-refractivity contribution >= 4 is 29.1 Å². The Bertz CT molecular complexity index is 913. The Morgan fingerprint density at radius 1 is 1.42 bits per heavy atom. The van der Waals surface area contributed by atoms with Crippen molar-refractivity contribution in [2.75, 3.05) is 0 Å². The number of hydrogen-bond donors (Lipinski definition) is 0. The summed E-state index contributed by atoms with van der Waals surface area (Å²) in [6.45, 7) is 2.68. The van der Waals surface area contributed by atoms with Crippen LogP contribution in [0.3, 0.4) is 0 Å². The molecule has 0 radical (unpaired) electrons. The lowest BCUT2D eigenvalue weighted by atomic mass is 9.97. The number of amides is 1. The molecule has 9 heteroatoms. The van der Waals surface area contributed by atoms with Gasteiger partial charge in [-0.3, -0.25) is 4.79 Å². The summed E-state index contributed by atoms with van der Waals surface area (Å²) in [7, 11) is 0. The topological polar surface area (TPSA) is 74.8 Å². The minimum atomic E-state index is -4.05. The molecule has 1 amide bonds. The minimum absolute atomic E-state index is 0.229. The van der Waals surface area contributed by atoms with E-state index in [0.29, 0.717) is 12.1 Å². The number of alkyl halides is 3. The van der Waals surface area contributed by atoms with Crippen molar-refractivity contribution in [3.63, 3.8) is 0 Å². The van der Waals surface area contributed by atoms with Crippen LogP contribution < -0.4 is 4.74 Å². The normalized spacial score (nSPS) is 18.3. The average Bonchev–Trinajstić information content (AvgIpc) is 2.58. The highest BCUT2D eigenvalue weighted by Gasteiger charge is 2.48. The fourth-order valence-electron chi connectivity index (χ4n) is 2.16. The molecule has 0 saturated heterocycles. The van der Waals surface area contributed by atoms with Crippen molar-refractivity contribution in [3.8, 4) is 24.2 Å². The Morgan fingerprint density at radius 3 is 2.65 bits per heavy atom. The van der Waals surface area contributed by atoms with Crippen molar-refractivity contribution in [2.45, 2.75) is 31.3 Å². The molecule has 2 atom stereocenters. The van der Waals surface area contributed by atoms with Gasteiger partial charge in [-0.15, -0.1) is 18.0 Å². The summed E-state index contributed by atoms with van der Waals surface area (Å²) in [5.74, 6) is -4.81. The number of aliphatic imine (C=N–C) groups is 2. The Balaban J connectivity index is 2.61. The predicted molar refractivity (Wildman–Crippen MR) is 89.1 cm³/mol. The first-order valence-electron chi connectivity index (χ1n) is 7.18.